The molecule has 0 aliphatic carbocycles. The summed E-state index contributed by atoms with van der Waals surface area (Å²) in [6.07, 6.45) is 1.61. The Kier molecular flexibility index (Phi) is 5.59. The molecule has 1 aliphatic heterocycles. The van der Waals surface area contributed by atoms with Gasteiger partial charge in [-0.3, -0.25) is 9.69 Å². The van der Waals surface area contributed by atoms with E-state index in [0.717, 1.165) is 43.4 Å². The highest BCUT2D eigenvalue weighted by atomic mass is 16.5. The van der Waals surface area contributed by atoms with E-state index < -0.39 is 0 Å². The zero-order valence-electron chi connectivity index (χ0n) is 13.0. The quantitative estimate of drug-likeness (QED) is 0.844. The number of aryl methyl sites for hydroxylation is 1. The van der Waals surface area contributed by atoms with Crippen molar-refractivity contribution in [2.24, 2.45) is 0 Å². The molecule has 0 bridgehead atoms. The average Bonchev–Trinajstić information content (AvgIpc) is 2.86. The van der Waals surface area contributed by atoms with Gasteiger partial charge in [0.25, 0.3) is 0 Å². The Hall–Kier alpha value is -1.59. The minimum atomic E-state index is -0.0588. The van der Waals surface area contributed by atoms with Crippen LogP contribution in [0, 0.1) is 6.92 Å². The number of ether oxygens (including phenoxy) is 1. The first kappa shape index (κ1) is 15.8. The molecule has 1 N–H and O–H groups in total. The predicted octanol–water partition coefficient (Wildman–Crippen LogP) is 2.04. The second-order valence-electron chi connectivity index (χ2n) is 5.58. The molecule has 1 amide bonds. The minimum absolute atomic E-state index is 0.0529. The maximum absolute atomic E-state index is 11.8. The largest absolute Gasteiger partial charge is 0.465 e. The van der Waals surface area contributed by atoms with Crippen molar-refractivity contribution >= 4 is 5.91 Å². The number of nitrogens with zero attached hydrogens (tertiary/aromatic N) is 1. The third-order valence-corrected chi connectivity index (χ3v) is 3.47. The zero-order valence-corrected chi connectivity index (χ0v) is 13.0. The Bertz CT molecular complexity index is 497. The van der Waals surface area contributed by atoms with Crippen LogP contribution in [0.5, 0.6) is 0 Å². The molecule has 2 heterocycles. The Morgan fingerprint density at radius 1 is 1.38 bits per heavy atom. The molecule has 5 heteroatoms. The van der Waals surface area contributed by atoms with Crippen molar-refractivity contribution in [3.05, 3.63) is 35.3 Å². The minimum Gasteiger partial charge on any atom is -0.465 e. The number of allylic oxidation sites excluding steroid dienone is 1. The van der Waals surface area contributed by atoms with Crippen LogP contribution in [0.2, 0.25) is 0 Å². The van der Waals surface area contributed by atoms with E-state index in [0.29, 0.717) is 6.54 Å². The van der Waals surface area contributed by atoms with Crippen molar-refractivity contribution in [1.82, 2.24) is 10.2 Å². The summed E-state index contributed by atoms with van der Waals surface area (Å²) in [6.45, 7) is 9.43. The summed E-state index contributed by atoms with van der Waals surface area (Å²) in [4.78, 5) is 14.1. The fraction of sp³-hybridized carbons (Fsp3) is 0.562. The Labute approximate surface area is 125 Å². The lowest BCUT2D eigenvalue weighted by molar-refractivity contribution is -0.116. The number of morpholine rings is 1. The zero-order chi connectivity index (χ0) is 15.2. The maximum atomic E-state index is 11.8. The summed E-state index contributed by atoms with van der Waals surface area (Å²) in [5.74, 6) is 1.72. The molecule has 0 spiro atoms. The van der Waals surface area contributed by atoms with Gasteiger partial charge in [-0.05, 0) is 32.9 Å². The molecular formula is C16H24N2O3. The number of rotatable bonds is 5. The summed E-state index contributed by atoms with van der Waals surface area (Å²) in [7, 11) is 0. The third kappa shape index (κ3) is 4.72. The van der Waals surface area contributed by atoms with Crippen LogP contribution in [0.3, 0.4) is 0 Å². The lowest BCUT2D eigenvalue weighted by Crippen LogP contribution is -2.43. The first-order chi connectivity index (χ1) is 10.1. The summed E-state index contributed by atoms with van der Waals surface area (Å²) < 4.78 is 11.2. The molecule has 1 aromatic heterocycles. The van der Waals surface area contributed by atoms with Crippen molar-refractivity contribution in [1.29, 1.82) is 0 Å². The fourth-order valence-corrected chi connectivity index (χ4v) is 2.44. The van der Waals surface area contributed by atoms with Crippen LogP contribution >= 0.6 is 0 Å². The Morgan fingerprint density at radius 2 is 2.10 bits per heavy atom. The predicted molar refractivity (Wildman–Crippen MR) is 81.0 cm³/mol. The smallest absolute Gasteiger partial charge is 0.243 e. The average molecular weight is 292 g/mol. The molecule has 2 rings (SSSR count). The van der Waals surface area contributed by atoms with Crippen LogP contribution in [-0.4, -0.2) is 43.7 Å². The van der Waals surface area contributed by atoms with E-state index in [4.69, 9.17) is 9.15 Å². The van der Waals surface area contributed by atoms with Crippen LogP contribution in [0.15, 0.2) is 28.2 Å². The molecule has 1 unspecified atom stereocenters. The second-order valence-corrected chi connectivity index (χ2v) is 5.58. The standard InChI is InChI=1S/C16H24N2O3/c1-12(2)10-16(19)17-11-14(15-5-4-13(3)21-15)18-6-8-20-9-7-18/h4-5,10,14H,6-9,11H2,1-3H3,(H,17,19). The SMILES string of the molecule is CC(C)=CC(=O)NCC(c1ccc(C)o1)N1CCOCC1. The molecule has 1 aliphatic rings. The normalized spacial score (nSPS) is 17.3. The molecular weight excluding hydrogens is 268 g/mol. The lowest BCUT2D eigenvalue weighted by atomic mass is 10.1. The van der Waals surface area contributed by atoms with Crippen molar-refractivity contribution in [2.75, 3.05) is 32.8 Å². The number of carbonyl (C=O) groups excluding carboxylic acids is 1. The molecule has 0 saturated carbocycles. The number of nitrogens with one attached hydrogen (secondary N) is 1. The van der Waals surface area contributed by atoms with E-state index in [1.165, 1.54) is 0 Å². The molecule has 1 saturated heterocycles. The van der Waals surface area contributed by atoms with E-state index in [-0.39, 0.29) is 11.9 Å². The highest BCUT2D eigenvalue weighted by Gasteiger charge is 2.25. The Balaban J connectivity index is 2.05. The fourth-order valence-electron chi connectivity index (χ4n) is 2.44. The molecule has 1 fully saturated rings. The monoisotopic (exact) mass is 292 g/mol. The molecule has 1 atom stereocenters. The second kappa shape index (κ2) is 7.43. The molecule has 0 radical (unpaired) electrons. The summed E-state index contributed by atoms with van der Waals surface area (Å²) in [5, 5.41) is 2.96. The van der Waals surface area contributed by atoms with Crippen LogP contribution in [0.25, 0.3) is 0 Å². The van der Waals surface area contributed by atoms with Crippen LogP contribution in [0.4, 0.5) is 0 Å². The van der Waals surface area contributed by atoms with Gasteiger partial charge in [0.15, 0.2) is 0 Å². The number of amides is 1. The van der Waals surface area contributed by atoms with Gasteiger partial charge >= 0.3 is 0 Å². The maximum Gasteiger partial charge on any atom is 0.243 e. The number of furan rings is 1. The van der Waals surface area contributed by atoms with Gasteiger partial charge in [0.2, 0.25) is 5.91 Å². The summed E-state index contributed by atoms with van der Waals surface area (Å²) in [6, 6.07) is 4.00. The van der Waals surface area contributed by atoms with Crippen molar-refractivity contribution in [3.63, 3.8) is 0 Å². The molecule has 1 aromatic rings. The number of hydrogen-bond acceptors (Lipinski definition) is 4. The highest BCUT2D eigenvalue weighted by molar-refractivity contribution is 5.88. The van der Waals surface area contributed by atoms with Gasteiger partial charge in [0.1, 0.15) is 11.5 Å². The van der Waals surface area contributed by atoms with Crippen molar-refractivity contribution in [3.8, 4) is 0 Å². The third-order valence-electron chi connectivity index (χ3n) is 3.47. The summed E-state index contributed by atoms with van der Waals surface area (Å²) in [5.41, 5.74) is 0.990. The van der Waals surface area contributed by atoms with Gasteiger partial charge in [-0.2, -0.15) is 0 Å². The van der Waals surface area contributed by atoms with E-state index in [9.17, 15) is 4.79 Å². The molecule has 116 valence electrons. The number of hydrogen-bond donors (Lipinski definition) is 1. The topological polar surface area (TPSA) is 54.7 Å². The van der Waals surface area contributed by atoms with E-state index in [2.05, 4.69) is 10.2 Å². The highest BCUT2D eigenvalue weighted by Crippen LogP contribution is 2.23. The Morgan fingerprint density at radius 3 is 2.67 bits per heavy atom. The first-order valence-electron chi connectivity index (χ1n) is 7.37. The van der Waals surface area contributed by atoms with E-state index >= 15 is 0 Å². The number of carbonyl (C=O) groups is 1. The van der Waals surface area contributed by atoms with Gasteiger partial charge in [-0.15, -0.1) is 0 Å². The van der Waals surface area contributed by atoms with Crippen molar-refractivity contribution < 1.29 is 13.9 Å². The van der Waals surface area contributed by atoms with Crippen molar-refractivity contribution in [2.45, 2.75) is 26.8 Å². The van der Waals surface area contributed by atoms with Gasteiger partial charge in [-0.1, -0.05) is 5.57 Å². The molecule has 0 aromatic carbocycles. The van der Waals surface area contributed by atoms with Gasteiger partial charge in [0, 0.05) is 25.7 Å². The van der Waals surface area contributed by atoms with Crippen LogP contribution in [0.1, 0.15) is 31.4 Å². The van der Waals surface area contributed by atoms with Gasteiger partial charge < -0.3 is 14.5 Å². The molecule has 21 heavy (non-hydrogen) atoms. The van der Waals surface area contributed by atoms with Gasteiger partial charge in [-0.25, -0.2) is 0 Å². The lowest BCUT2D eigenvalue weighted by Gasteiger charge is -2.33. The molecule has 5 nitrogen and oxygen atoms in total. The van der Waals surface area contributed by atoms with Crippen LogP contribution in [-0.2, 0) is 9.53 Å². The van der Waals surface area contributed by atoms with Gasteiger partial charge in [0.05, 0.1) is 19.3 Å². The summed E-state index contributed by atoms with van der Waals surface area (Å²) >= 11 is 0. The first-order valence-corrected chi connectivity index (χ1v) is 7.37. The van der Waals surface area contributed by atoms with E-state index in [1.807, 2.05) is 32.9 Å². The van der Waals surface area contributed by atoms with Crippen LogP contribution < -0.4 is 5.32 Å². The van der Waals surface area contributed by atoms with E-state index in [1.54, 1.807) is 6.08 Å².